The van der Waals surface area contributed by atoms with Crippen LogP contribution in [0.4, 0.5) is 5.69 Å². The molecule has 5 nitrogen and oxygen atoms in total. The van der Waals surface area contributed by atoms with Crippen LogP contribution in [0.2, 0.25) is 0 Å². The molecule has 0 unspecified atom stereocenters. The van der Waals surface area contributed by atoms with Gasteiger partial charge in [0.2, 0.25) is 5.91 Å². The number of nitrogens with two attached hydrogens (primary N) is 1. The van der Waals surface area contributed by atoms with Crippen molar-refractivity contribution in [2.24, 2.45) is 0 Å². The minimum absolute atomic E-state index is 0.137. The predicted molar refractivity (Wildman–Crippen MR) is 81.6 cm³/mol. The van der Waals surface area contributed by atoms with Crippen LogP contribution in [-0.4, -0.2) is 22.0 Å². The third kappa shape index (κ3) is 2.91. The van der Waals surface area contributed by atoms with E-state index in [-0.39, 0.29) is 11.3 Å². The lowest BCUT2D eigenvalue weighted by Gasteiger charge is -2.16. The van der Waals surface area contributed by atoms with Crippen molar-refractivity contribution in [3.8, 4) is 0 Å². The molecule has 0 aliphatic heterocycles. The van der Waals surface area contributed by atoms with Gasteiger partial charge in [0, 0.05) is 31.2 Å². The Bertz CT molecular complexity index is 600. The fourth-order valence-corrected chi connectivity index (χ4v) is 2.63. The number of aromatic nitrogens is 2. The number of hydrogen-bond acceptors (Lipinski definition) is 3. The first kappa shape index (κ1) is 13.7. The third-order valence-corrected chi connectivity index (χ3v) is 4.09. The van der Waals surface area contributed by atoms with Crippen LogP contribution in [-0.2, 0) is 16.8 Å². The van der Waals surface area contributed by atoms with E-state index in [1.54, 1.807) is 12.5 Å². The zero-order valence-electron chi connectivity index (χ0n) is 12.0. The van der Waals surface area contributed by atoms with Gasteiger partial charge in [-0.25, -0.2) is 4.98 Å². The molecule has 0 spiro atoms. The molecule has 0 atom stereocenters. The van der Waals surface area contributed by atoms with E-state index in [2.05, 4.69) is 10.3 Å². The van der Waals surface area contributed by atoms with Gasteiger partial charge in [-0.2, -0.15) is 0 Å². The Morgan fingerprint density at radius 3 is 2.71 bits per heavy atom. The number of carbonyl (C=O) groups excluding carboxylic acids is 1. The van der Waals surface area contributed by atoms with E-state index in [4.69, 9.17) is 5.73 Å². The third-order valence-electron chi connectivity index (χ3n) is 4.09. The first-order chi connectivity index (χ1) is 10.2. The number of aryl methyl sites for hydroxylation is 1. The normalized spacial score (nSPS) is 15.6. The summed E-state index contributed by atoms with van der Waals surface area (Å²) in [7, 11) is 0. The highest BCUT2D eigenvalue weighted by Crippen LogP contribution is 2.48. The molecule has 2 aromatic rings. The number of amides is 1. The second kappa shape index (κ2) is 5.60. The maximum Gasteiger partial charge on any atom is 0.230 e. The first-order valence-corrected chi connectivity index (χ1v) is 7.31. The van der Waals surface area contributed by atoms with Gasteiger partial charge in [0.15, 0.2) is 0 Å². The standard InChI is InChI=1S/C16H20N4O/c17-14-4-2-13(3-5-14)16(6-7-16)15(21)19-8-1-10-20-11-9-18-12-20/h2-5,9,11-12H,1,6-8,10,17H2,(H,19,21). The van der Waals surface area contributed by atoms with Crippen molar-refractivity contribution in [1.29, 1.82) is 0 Å². The van der Waals surface area contributed by atoms with Crippen molar-refractivity contribution < 1.29 is 4.79 Å². The number of imidazole rings is 1. The van der Waals surface area contributed by atoms with E-state index < -0.39 is 0 Å². The van der Waals surface area contributed by atoms with Gasteiger partial charge in [-0.15, -0.1) is 0 Å². The van der Waals surface area contributed by atoms with E-state index in [1.807, 2.05) is 35.0 Å². The van der Waals surface area contributed by atoms with E-state index >= 15 is 0 Å². The van der Waals surface area contributed by atoms with Crippen LogP contribution in [0.5, 0.6) is 0 Å². The molecule has 21 heavy (non-hydrogen) atoms. The molecule has 5 heteroatoms. The highest BCUT2D eigenvalue weighted by molar-refractivity contribution is 5.91. The van der Waals surface area contributed by atoms with Crippen molar-refractivity contribution >= 4 is 11.6 Å². The van der Waals surface area contributed by atoms with Gasteiger partial charge in [-0.05, 0) is 37.0 Å². The number of nitrogens with one attached hydrogen (secondary N) is 1. The number of nitrogen functional groups attached to an aromatic ring is 1. The molecule has 1 amide bonds. The number of nitrogens with zero attached hydrogens (tertiary/aromatic N) is 2. The fourth-order valence-electron chi connectivity index (χ4n) is 2.63. The topological polar surface area (TPSA) is 72.9 Å². The lowest BCUT2D eigenvalue weighted by atomic mass is 9.95. The minimum atomic E-state index is -0.317. The van der Waals surface area contributed by atoms with Crippen LogP contribution in [0.1, 0.15) is 24.8 Å². The maximum absolute atomic E-state index is 12.4. The number of rotatable bonds is 6. The van der Waals surface area contributed by atoms with Crippen LogP contribution in [0.25, 0.3) is 0 Å². The first-order valence-electron chi connectivity index (χ1n) is 7.31. The van der Waals surface area contributed by atoms with E-state index in [9.17, 15) is 4.79 Å². The fraction of sp³-hybridized carbons (Fsp3) is 0.375. The SMILES string of the molecule is Nc1ccc(C2(C(=O)NCCCn3ccnc3)CC2)cc1. The molecule has 1 fully saturated rings. The van der Waals surface area contributed by atoms with Crippen LogP contribution in [0.3, 0.4) is 0 Å². The molecular weight excluding hydrogens is 264 g/mol. The molecule has 1 aromatic carbocycles. The smallest absolute Gasteiger partial charge is 0.230 e. The largest absolute Gasteiger partial charge is 0.399 e. The lowest BCUT2D eigenvalue weighted by molar-refractivity contribution is -0.123. The Morgan fingerprint density at radius 1 is 1.33 bits per heavy atom. The molecule has 1 saturated carbocycles. The van der Waals surface area contributed by atoms with E-state index in [0.717, 1.165) is 37.1 Å². The van der Waals surface area contributed by atoms with E-state index in [1.165, 1.54) is 0 Å². The van der Waals surface area contributed by atoms with Crippen molar-refractivity contribution in [2.45, 2.75) is 31.2 Å². The average Bonchev–Trinajstić information content (AvgIpc) is 3.14. The van der Waals surface area contributed by atoms with Crippen LogP contribution < -0.4 is 11.1 Å². The molecule has 3 rings (SSSR count). The van der Waals surface area contributed by atoms with Crippen molar-refractivity contribution in [2.75, 3.05) is 12.3 Å². The Hall–Kier alpha value is -2.30. The Morgan fingerprint density at radius 2 is 2.10 bits per heavy atom. The average molecular weight is 284 g/mol. The van der Waals surface area contributed by atoms with Gasteiger partial charge in [0.1, 0.15) is 0 Å². The molecule has 1 aliphatic carbocycles. The molecular formula is C16H20N4O. The molecule has 110 valence electrons. The van der Waals surface area contributed by atoms with Gasteiger partial charge >= 0.3 is 0 Å². The maximum atomic E-state index is 12.4. The van der Waals surface area contributed by atoms with Crippen LogP contribution >= 0.6 is 0 Å². The summed E-state index contributed by atoms with van der Waals surface area (Å²) in [6.45, 7) is 1.56. The molecule has 1 heterocycles. The summed E-state index contributed by atoms with van der Waals surface area (Å²) in [4.78, 5) is 16.4. The zero-order valence-corrected chi connectivity index (χ0v) is 12.0. The summed E-state index contributed by atoms with van der Waals surface area (Å²) in [6, 6.07) is 7.66. The second-order valence-corrected chi connectivity index (χ2v) is 5.61. The Balaban J connectivity index is 1.52. The van der Waals surface area contributed by atoms with Gasteiger partial charge in [0.25, 0.3) is 0 Å². The highest BCUT2D eigenvalue weighted by Gasteiger charge is 2.50. The Kier molecular flexibility index (Phi) is 3.64. The van der Waals surface area contributed by atoms with Gasteiger partial charge in [0.05, 0.1) is 11.7 Å². The number of carbonyl (C=O) groups is 1. The predicted octanol–water partition coefficient (Wildman–Crippen LogP) is 1.70. The molecule has 1 aromatic heterocycles. The summed E-state index contributed by atoms with van der Waals surface area (Å²) in [6.07, 6.45) is 8.23. The summed E-state index contributed by atoms with van der Waals surface area (Å²) in [5, 5.41) is 3.06. The van der Waals surface area contributed by atoms with Gasteiger partial charge in [-0.1, -0.05) is 12.1 Å². The van der Waals surface area contributed by atoms with Gasteiger partial charge in [-0.3, -0.25) is 4.79 Å². The van der Waals surface area contributed by atoms with Crippen molar-refractivity contribution in [1.82, 2.24) is 14.9 Å². The number of benzene rings is 1. The van der Waals surface area contributed by atoms with Crippen LogP contribution in [0, 0.1) is 0 Å². The number of hydrogen-bond donors (Lipinski definition) is 2. The number of anilines is 1. The van der Waals surface area contributed by atoms with Crippen molar-refractivity contribution in [3.05, 3.63) is 48.5 Å². The molecule has 0 radical (unpaired) electrons. The van der Waals surface area contributed by atoms with Crippen molar-refractivity contribution in [3.63, 3.8) is 0 Å². The lowest BCUT2D eigenvalue weighted by Crippen LogP contribution is -2.35. The minimum Gasteiger partial charge on any atom is -0.399 e. The molecule has 0 bridgehead atoms. The molecule has 0 saturated heterocycles. The Labute approximate surface area is 124 Å². The summed E-state index contributed by atoms with van der Waals surface area (Å²) in [5.41, 5.74) is 7.19. The summed E-state index contributed by atoms with van der Waals surface area (Å²) in [5.74, 6) is 0.137. The summed E-state index contributed by atoms with van der Waals surface area (Å²) >= 11 is 0. The van der Waals surface area contributed by atoms with Gasteiger partial charge < -0.3 is 15.6 Å². The molecule has 1 aliphatic rings. The molecule has 3 N–H and O–H groups in total. The highest BCUT2D eigenvalue weighted by atomic mass is 16.2. The summed E-state index contributed by atoms with van der Waals surface area (Å²) < 4.78 is 2.01. The van der Waals surface area contributed by atoms with Crippen LogP contribution in [0.15, 0.2) is 43.0 Å². The second-order valence-electron chi connectivity index (χ2n) is 5.61. The van der Waals surface area contributed by atoms with E-state index in [0.29, 0.717) is 6.54 Å². The quantitative estimate of drug-likeness (QED) is 0.626. The monoisotopic (exact) mass is 284 g/mol. The zero-order chi connectivity index (χ0) is 14.7.